The van der Waals surface area contributed by atoms with Crippen LogP contribution in [0.1, 0.15) is 36.1 Å². The Morgan fingerprint density at radius 1 is 1.12 bits per heavy atom. The molecule has 0 unspecified atom stereocenters. The van der Waals surface area contributed by atoms with Crippen molar-refractivity contribution in [2.24, 2.45) is 13.0 Å². The van der Waals surface area contributed by atoms with Crippen molar-refractivity contribution in [3.05, 3.63) is 66.1 Å². The normalized spacial score (nSPS) is 12.8. The second-order valence-electron chi connectivity index (χ2n) is 7.01. The van der Waals surface area contributed by atoms with Crippen LogP contribution in [-0.4, -0.2) is 20.4 Å². The number of aromatic nitrogens is 3. The monoisotopic (exact) mass is 346 g/mol. The number of carbonyl (C=O) groups excluding carboxylic acids is 1. The van der Waals surface area contributed by atoms with Crippen LogP contribution in [0.15, 0.2) is 54.7 Å². The Morgan fingerprint density at radius 2 is 1.85 bits per heavy atom. The maximum Gasteiger partial charge on any atom is 0.254 e. The number of imidazole rings is 1. The van der Waals surface area contributed by atoms with Gasteiger partial charge >= 0.3 is 0 Å². The van der Waals surface area contributed by atoms with Crippen molar-refractivity contribution in [1.29, 1.82) is 0 Å². The van der Waals surface area contributed by atoms with Gasteiger partial charge in [0.1, 0.15) is 5.82 Å². The molecular formula is C21H22N4O. The molecule has 0 aliphatic rings. The first-order chi connectivity index (χ1) is 12.5. The summed E-state index contributed by atoms with van der Waals surface area (Å²) >= 11 is 0. The molecule has 2 N–H and O–H groups in total. The Labute approximate surface area is 152 Å². The average Bonchev–Trinajstić information content (AvgIpc) is 3.21. The number of nitrogens with zero attached hydrogens (tertiary/aromatic N) is 2. The van der Waals surface area contributed by atoms with Gasteiger partial charge in [-0.05, 0) is 24.1 Å². The molecule has 5 heteroatoms. The van der Waals surface area contributed by atoms with E-state index in [2.05, 4.69) is 29.1 Å². The molecule has 0 saturated carbocycles. The molecule has 5 nitrogen and oxygen atoms in total. The molecule has 0 spiro atoms. The molecule has 0 aliphatic carbocycles. The Kier molecular flexibility index (Phi) is 3.99. The lowest BCUT2D eigenvalue weighted by molar-refractivity contribution is 0.0925. The van der Waals surface area contributed by atoms with Crippen LogP contribution in [0.3, 0.4) is 0 Å². The highest BCUT2D eigenvalue weighted by atomic mass is 16.1. The van der Waals surface area contributed by atoms with Gasteiger partial charge in [0.25, 0.3) is 5.91 Å². The molecule has 0 fully saturated rings. The Bertz CT molecular complexity index is 1060. The summed E-state index contributed by atoms with van der Waals surface area (Å²) in [5.41, 5.74) is 3.62. The second-order valence-corrected chi connectivity index (χ2v) is 7.01. The van der Waals surface area contributed by atoms with Crippen LogP contribution >= 0.6 is 0 Å². The van der Waals surface area contributed by atoms with Crippen LogP contribution in [0.5, 0.6) is 0 Å². The van der Waals surface area contributed by atoms with Gasteiger partial charge in [-0.1, -0.05) is 44.2 Å². The van der Waals surface area contributed by atoms with E-state index in [1.807, 2.05) is 66.3 Å². The summed E-state index contributed by atoms with van der Waals surface area (Å²) in [6.45, 7) is 4.17. The van der Waals surface area contributed by atoms with Gasteiger partial charge in [0.2, 0.25) is 0 Å². The van der Waals surface area contributed by atoms with Crippen LogP contribution in [0, 0.1) is 5.92 Å². The first kappa shape index (κ1) is 16.4. The summed E-state index contributed by atoms with van der Waals surface area (Å²) in [6.07, 6.45) is 1.88. The largest absolute Gasteiger partial charge is 0.350 e. The number of amides is 1. The number of hydrogen-bond acceptors (Lipinski definition) is 2. The van der Waals surface area contributed by atoms with Crippen molar-refractivity contribution in [2.45, 2.75) is 19.9 Å². The number of para-hydroxylation sites is 3. The fraction of sp³-hybridized carbons (Fsp3) is 0.238. The van der Waals surface area contributed by atoms with Gasteiger partial charge in [-0.2, -0.15) is 0 Å². The summed E-state index contributed by atoms with van der Waals surface area (Å²) in [4.78, 5) is 21.0. The third-order valence-corrected chi connectivity index (χ3v) is 4.80. The van der Waals surface area contributed by atoms with E-state index < -0.39 is 0 Å². The van der Waals surface area contributed by atoms with Crippen molar-refractivity contribution in [1.82, 2.24) is 19.9 Å². The fourth-order valence-corrected chi connectivity index (χ4v) is 3.41. The second kappa shape index (κ2) is 6.33. The molecular weight excluding hydrogens is 324 g/mol. The van der Waals surface area contributed by atoms with Crippen molar-refractivity contribution < 1.29 is 4.79 Å². The molecule has 26 heavy (non-hydrogen) atoms. The van der Waals surface area contributed by atoms with Gasteiger partial charge < -0.3 is 14.9 Å². The summed E-state index contributed by atoms with van der Waals surface area (Å²) in [5.74, 6) is 0.908. The summed E-state index contributed by atoms with van der Waals surface area (Å²) in [5, 5.41) is 4.13. The third-order valence-electron chi connectivity index (χ3n) is 4.80. The van der Waals surface area contributed by atoms with Gasteiger partial charge in [-0.25, -0.2) is 4.98 Å². The van der Waals surface area contributed by atoms with Crippen LogP contribution in [0.4, 0.5) is 0 Å². The Balaban J connectivity index is 1.69. The molecule has 132 valence electrons. The summed E-state index contributed by atoms with van der Waals surface area (Å²) < 4.78 is 1.98. The molecule has 2 heterocycles. The molecule has 0 bridgehead atoms. The van der Waals surface area contributed by atoms with E-state index in [-0.39, 0.29) is 17.9 Å². The van der Waals surface area contributed by atoms with Gasteiger partial charge in [0.05, 0.1) is 22.6 Å². The number of benzene rings is 2. The lowest BCUT2D eigenvalue weighted by atomic mass is 10.0. The minimum absolute atomic E-state index is 0.0824. The van der Waals surface area contributed by atoms with E-state index in [0.29, 0.717) is 5.56 Å². The van der Waals surface area contributed by atoms with Crippen molar-refractivity contribution >= 4 is 27.8 Å². The molecule has 2 aromatic heterocycles. The summed E-state index contributed by atoms with van der Waals surface area (Å²) in [6, 6.07) is 15.7. The number of aryl methyl sites for hydroxylation is 1. The predicted molar refractivity (Wildman–Crippen MR) is 104 cm³/mol. The highest BCUT2D eigenvalue weighted by Gasteiger charge is 2.24. The maximum absolute atomic E-state index is 13.0. The quantitative estimate of drug-likeness (QED) is 0.582. The number of carbonyl (C=O) groups is 1. The zero-order valence-electron chi connectivity index (χ0n) is 15.2. The van der Waals surface area contributed by atoms with Crippen molar-refractivity contribution in [3.8, 4) is 0 Å². The molecule has 4 aromatic rings. The standard InChI is InChI=1S/C21H22N4O/c1-13(2)19(20-22-16-9-5-6-10-17(16)23-20)24-21(26)15-12-25(3)18-11-7-4-8-14(15)18/h4-13,19H,1-3H3,(H,22,23)(H,24,26)/t19-/m1/s1. The van der Waals surface area contributed by atoms with Crippen LogP contribution in [0.25, 0.3) is 21.9 Å². The van der Waals surface area contributed by atoms with E-state index >= 15 is 0 Å². The number of aromatic amines is 1. The van der Waals surface area contributed by atoms with Crippen molar-refractivity contribution in [2.75, 3.05) is 0 Å². The van der Waals surface area contributed by atoms with Crippen LogP contribution in [-0.2, 0) is 7.05 Å². The number of rotatable bonds is 4. The SMILES string of the molecule is CC(C)[C@@H](NC(=O)c1cn(C)c2ccccc12)c1nc2ccccc2[nH]1. The lowest BCUT2D eigenvalue weighted by Gasteiger charge is -2.20. The van der Waals surface area contributed by atoms with Crippen molar-refractivity contribution in [3.63, 3.8) is 0 Å². The highest BCUT2D eigenvalue weighted by molar-refractivity contribution is 6.07. The highest BCUT2D eigenvalue weighted by Crippen LogP contribution is 2.25. The molecule has 0 saturated heterocycles. The molecule has 2 aromatic carbocycles. The van der Waals surface area contributed by atoms with Crippen LogP contribution < -0.4 is 5.32 Å². The number of H-pyrrole nitrogens is 1. The minimum Gasteiger partial charge on any atom is -0.350 e. The number of fused-ring (bicyclic) bond motifs is 2. The Morgan fingerprint density at radius 3 is 2.62 bits per heavy atom. The average molecular weight is 346 g/mol. The molecule has 0 aliphatic heterocycles. The zero-order chi connectivity index (χ0) is 18.3. The third kappa shape index (κ3) is 2.75. The predicted octanol–water partition coefficient (Wildman–Crippen LogP) is 4.18. The maximum atomic E-state index is 13.0. The van der Waals surface area contributed by atoms with Gasteiger partial charge in [0.15, 0.2) is 0 Å². The molecule has 4 rings (SSSR count). The van der Waals surface area contributed by atoms with E-state index in [0.717, 1.165) is 27.8 Å². The topological polar surface area (TPSA) is 62.7 Å². The van der Waals surface area contributed by atoms with Gasteiger partial charge in [-0.3, -0.25) is 4.79 Å². The van der Waals surface area contributed by atoms with Gasteiger partial charge in [0, 0.05) is 24.1 Å². The zero-order valence-corrected chi connectivity index (χ0v) is 15.2. The van der Waals surface area contributed by atoms with E-state index in [4.69, 9.17) is 0 Å². The van der Waals surface area contributed by atoms with Gasteiger partial charge in [-0.15, -0.1) is 0 Å². The number of hydrogen-bond donors (Lipinski definition) is 2. The first-order valence-electron chi connectivity index (χ1n) is 8.84. The molecule has 1 amide bonds. The van der Waals surface area contributed by atoms with Crippen LogP contribution in [0.2, 0.25) is 0 Å². The molecule has 1 atom stereocenters. The summed E-state index contributed by atoms with van der Waals surface area (Å²) in [7, 11) is 1.96. The first-order valence-corrected chi connectivity index (χ1v) is 8.84. The minimum atomic E-state index is -0.186. The van der Waals surface area contributed by atoms with E-state index in [1.54, 1.807) is 0 Å². The lowest BCUT2D eigenvalue weighted by Crippen LogP contribution is -2.32. The smallest absolute Gasteiger partial charge is 0.254 e. The van der Waals surface area contributed by atoms with E-state index in [9.17, 15) is 4.79 Å². The Hall–Kier alpha value is -3.08. The molecule has 0 radical (unpaired) electrons. The fourth-order valence-electron chi connectivity index (χ4n) is 3.41. The number of nitrogens with one attached hydrogen (secondary N) is 2. The van der Waals surface area contributed by atoms with E-state index in [1.165, 1.54) is 0 Å².